The van der Waals surface area contributed by atoms with Crippen molar-refractivity contribution in [3.63, 3.8) is 0 Å². The highest BCUT2D eigenvalue weighted by Crippen LogP contribution is 2.21. The van der Waals surface area contributed by atoms with E-state index in [9.17, 15) is 0 Å². The zero-order valence-electron chi connectivity index (χ0n) is 7.89. The molecule has 0 aliphatic rings. The highest BCUT2D eigenvalue weighted by molar-refractivity contribution is 5.51. The SMILES string of the molecule is Cc1cc(C(C)N)c(C)cc1N. The Morgan fingerprint density at radius 3 is 2.25 bits per heavy atom. The van der Waals surface area contributed by atoms with Crippen LogP contribution >= 0.6 is 0 Å². The fourth-order valence-corrected chi connectivity index (χ4v) is 1.35. The van der Waals surface area contributed by atoms with Gasteiger partial charge in [-0.2, -0.15) is 0 Å². The van der Waals surface area contributed by atoms with Crippen LogP contribution < -0.4 is 11.5 Å². The summed E-state index contributed by atoms with van der Waals surface area (Å²) in [7, 11) is 0. The lowest BCUT2D eigenvalue weighted by Crippen LogP contribution is -2.08. The zero-order chi connectivity index (χ0) is 9.30. The maximum absolute atomic E-state index is 5.79. The Hall–Kier alpha value is -1.02. The third-order valence-corrected chi connectivity index (χ3v) is 2.15. The maximum atomic E-state index is 5.79. The van der Waals surface area contributed by atoms with E-state index in [1.54, 1.807) is 0 Å². The molecule has 0 bridgehead atoms. The van der Waals surface area contributed by atoms with Crippen molar-refractivity contribution in [3.8, 4) is 0 Å². The Morgan fingerprint density at radius 2 is 1.75 bits per heavy atom. The molecular formula is C10H16N2. The molecule has 2 heteroatoms. The molecule has 2 nitrogen and oxygen atoms in total. The number of rotatable bonds is 1. The third kappa shape index (κ3) is 1.59. The summed E-state index contributed by atoms with van der Waals surface area (Å²) in [6, 6.07) is 4.13. The van der Waals surface area contributed by atoms with Crippen molar-refractivity contribution < 1.29 is 0 Å². The van der Waals surface area contributed by atoms with Gasteiger partial charge in [0.1, 0.15) is 0 Å². The second kappa shape index (κ2) is 3.15. The predicted molar refractivity (Wildman–Crippen MR) is 52.9 cm³/mol. The van der Waals surface area contributed by atoms with E-state index < -0.39 is 0 Å². The van der Waals surface area contributed by atoms with Gasteiger partial charge in [-0.3, -0.25) is 0 Å². The molecular weight excluding hydrogens is 148 g/mol. The van der Waals surface area contributed by atoms with Crippen LogP contribution in [0.4, 0.5) is 5.69 Å². The molecule has 0 amide bonds. The van der Waals surface area contributed by atoms with Crippen molar-refractivity contribution in [1.82, 2.24) is 0 Å². The number of hydrogen-bond donors (Lipinski definition) is 2. The van der Waals surface area contributed by atoms with E-state index in [-0.39, 0.29) is 6.04 Å². The summed E-state index contributed by atoms with van der Waals surface area (Å²) in [4.78, 5) is 0. The van der Waals surface area contributed by atoms with Crippen LogP contribution in [0.2, 0.25) is 0 Å². The van der Waals surface area contributed by atoms with Crippen LogP contribution in [0.5, 0.6) is 0 Å². The van der Waals surface area contributed by atoms with E-state index in [0.717, 1.165) is 11.3 Å². The Balaban J connectivity index is 3.23. The fraction of sp³-hybridized carbons (Fsp3) is 0.400. The minimum absolute atomic E-state index is 0.0873. The first-order chi connectivity index (χ1) is 5.52. The summed E-state index contributed by atoms with van der Waals surface area (Å²) in [5.41, 5.74) is 15.8. The molecule has 1 rings (SSSR count). The van der Waals surface area contributed by atoms with Gasteiger partial charge in [-0.05, 0) is 43.5 Å². The highest BCUT2D eigenvalue weighted by Gasteiger charge is 2.05. The predicted octanol–water partition coefficient (Wildman–Crippen LogP) is 1.91. The smallest absolute Gasteiger partial charge is 0.0346 e. The molecule has 0 fully saturated rings. The summed E-state index contributed by atoms with van der Waals surface area (Å²) >= 11 is 0. The Bertz CT molecular complexity index is 290. The van der Waals surface area contributed by atoms with Gasteiger partial charge in [-0.25, -0.2) is 0 Å². The monoisotopic (exact) mass is 164 g/mol. The van der Waals surface area contributed by atoms with E-state index in [1.807, 2.05) is 26.8 Å². The molecule has 12 heavy (non-hydrogen) atoms. The van der Waals surface area contributed by atoms with Crippen LogP contribution in [0.25, 0.3) is 0 Å². The molecule has 1 unspecified atom stereocenters. The van der Waals surface area contributed by atoms with Gasteiger partial charge in [0.15, 0.2) is 0 Å². The molecule has 0 radical (unpaired) electrons. The molecule has 66 valence electrons. The number of hydrogen-bond acceptors (Lipinski definition) is 2. The minimum atomic E-state index is 0.0873. The second-order valence-corrected chi connectivity index (χ2v) is 3.35. The van der Waals surface area contributed by atoms with Crippen LogP contribution in [-0.4, -0.2) is 0 Å². The van der Waals surface area contributed by atoms with Crippen molar-refractivity contribution in [2.24, 2.45) is 5.73 Å². The molecule has 0 aliphatic carbocycles. The number of anilines is 1. The first kappa shape index (κ1) is 9.07. The topological polar surface area (TPSA) is 52.0 Å². The van der Waals surface area contributed by atoms with E-state index in [0.29, 0.717) is 0 Å². The lowest BCUT2D eigenvalue weighted by atomic mass is 9.99. The Labute approximate surface area is 73.6 Å². The standard InChI is InChI=1S/C10H16N2/c1-6-5-10(12)7(2)4-9(6)8(3)11/h4-5,8H,11-12H2,1-3H3. The van der Waals surface area contributed by atoms with Gasteiger partial charge in [-0.15, -0.1) is 0 Å². The lowest BCUT2D eigenvalue weighted by molar-refractivity contribution is 0.809. The van der Waals surface area contributed by atoms with E-state index >= 15 is 0 Å². The van der Waals surface area contributed by atoms with E-state index in [4.69, 9.17) is 11.5 Å². The molecule has 1 atom stereocenters. The Kier molecular flexibility index (Phi) is 2.38. The number of nitrogens with two attached hydrogens (primary N) is 2. The Morgan fingerprint density at radius 1 is 1.17 bits per heavy atom. The molecule has 0 spiro atoms. The third-order valence-electron chi connectivity index (χ3n) is 2.15. The second-order valence-electron chi connectivity index (χ2n) is 3.35. The van der Waals surface area contributed by atoms with Gasteiger partial charge in [0, 0.05) is 11.7 Å². The van der Waals surface area contributed by atoms with Gasteiger partial charge in [0.25, 0.3) is 0 Å². The van der Waals surface area contributed by atoms with Crippen molar-refractivity contribution in [1.29, 1.82) is 0 Å². The van der Waals surface area contributed by atoms with Crippen LogP contribution in [-0.2, 0) is 0 Å². The van der Waals surface area contributed by atoms with Gasteiger partial charge in [0.2, 0.25) is 0 Å². The molecule has 0 aliphatic heterocycles. The van der Waals surface area contributed by atoms with Crippen LogP contribution in [0.1, 0.15) is 29.7 Å². The van der Waals surface area contributed by atoms with Crippen LogP contribution in [0.15, 0.2) is 12.1 Å². The number of aryl methyl sites for hydroxylation is 2. The first-order valence-corrected chi connectivity index (χ1v) is 4.14. The van der Waals surface area contributed by atoms with Crippen molar-refractivity contribution in [2.45, 2.75) is 26.8 Å². The summed E-state index contributed by atoms with van der Waals surface area (Å²) in [6.45, 7) is 6.02. The van der Waals surface area contributed by atoms with Crippen molar-refractivity contribution in [3.05, 3.63) is 28.8 Å². The summed E-state index contributed by atoms with van der Waals surface area (Å²) in [6.07, 6.45) is 0. The molecule has 1 aromatic rings. The van der Waals surface area contributed by atoms with Gasteiger partial charge >= 0.3 is 0 Å². The average Bonchev–Trinajstić information content (AvgIpc) is 1.96. The normalized spacial score (nSPS) is 13.0. The van der Waals surface area contributed by atoms with Crippen molar-refractivity contribution >= 4 is 5.69 Å². The van der Waals surface area contributed by atoms with Gasteiger partial charge in [0.05, 0.1) is 0 Å². The summed E-state index contributed by atoms with van der Waals surface area (Å²) in [5, 5.41) is 0. The molecule has 0 saturated carbocycles. The molecule has 0 heterocycles. The van der Waals surface area contributed by atoms with Crippen LogP contribution in [0, 0.1) is 13.8 Å². The number of benzene rings is 1. The van der Waals surface area contributed by atoms with Gasteiger partial charge < -0.3 is 11.5 Å². The maximum Gasteiger partial charge on any atom is 0.0346 e. The molecule has 4 N–H and O–H groups in total. The average molecular weight is 164 g/mol. The lowest BCUT2D eigenvalue weighted by Gasteiger charge is -2.12. The molecule has 0 aromatic heterocycles. The minimum Gasteiger partial charge on any atom is -0.399 e. The van der Waals surface area contributed by atoms with Gasteiger partial charge in [-0.1, -0.05) is 6.07 Å². The van der Waals surface area contributed by atoms with Crippen molar-refractivity contribution in [2.75, 3.05) is 5.73 Å². The number of nitrogen functional groups attached to an aromatic ring is 1. The molecule has 0 saturated heterocycles. The van der Waals surface area contributed by atoms with Crippen LogP contribution in [0.3, 0.4) is 0 Å². The van der Waals surface area contributed by atoms with E-state index in [1.165, 1.54) is 11.1 Å². The largest absolute Gasteiger partial charge is 0.399 e. The van der Waals surface area contributed by atoms with E-state index in [2.05, 4.69) is 6.07 Å². The fourth-order valence-electron chi connectivity index (χ4n) is 1.35. The zero-order valence-corrected chi connectivity index (χ0v) is 7.89. The first-order valence-electron chi connectivity index (χ1n) is 4.14. The summed E-state index contributed by atoms with van der Waals surface area (Å²) < 4.78 is 0. The summed E-state index contributed by atoms with van der Waals surface area (Å²) in [5.74, 6) is 0. The quantitative estimate of drug-likeness (QED) is 0.623. The highest BCUT2D eigenvalue weighted by atomic mass is 14.6. The molecule has 1 aromatic carbocycles.